The van der Waals surface area contributed by atoms with Gasteiger partial charge in [0.1, 0.15) is 0 Å². The van der Waals surface area contributed by atoms with E-state index >= 15 is 0 Å². The van der Waals surface area contributed by atoms with E-state index in [0.717, 1.165) is 12.8 Å². The van der Waals surface area contributed by atoms with Gasteiger partial charge in [-0.25, -0.2) is 0 Å². The summed E-state index contributed by atoms with van der Waals surface area (Å²) in [7, 11) is 0. The minimum atomic E-state index is 0.986. The van der Waals surface area contributed by atoms with Gasteiger partial charge in [-0.15, -0.1) is 0 Å². The highest BCUT2D eigenvalue weighted by atomic mass is 14.1. The van der Waals surface area contributed by atoms with E-state index < -0.39 is 0 Å². The molecule has 0 aliphatic heterocycles. The fraction of sp³-hybridized carbons (Fsp3) is 0.130. The van der Waals surface area contributed by atoms with E-state index in [1.165, 1.54) is 77.2 Å². The zero-order valence-corrected chi connectivity index (χ0v) is 27.4. The summed E-state index contributed by atoms with van der Waals surface area (Å²) in [6, 6.07) is 44.5. The first-order valence-electron chi connectivity index (χ1n) is 16.3. The van der Waals surface area contributed by atoms with E-state index in [2.05, 4.69) is 185 Å². The Labute approximate surface area is 274 Å². The molecule has 0 unspecified atom stereocenters. The summed E-state index contributed by atoms with van der Waals surface area (Å²) in [6.45, 7) is 8.59. The van der Waals surface area contributed by atoms with Gasteiger partial charge in [0.15, 0.2) is 0 Å². The van der Waals surface area contributed by atoms with Crippen LogP contribution in [0.15, 0.2) is 158 Å². The van der Waals surface area contributed by atoms with Crippen LogP contribution < -0.4 is 10.4 Å². The summed E-state index contributed by atoms with van der Waals surface area (Å²) in [5, 5.41) is 2.45. The lowest BCUT2D eigenvalue weighted by molar-refractivity contribution is 1.05. The average Bonchev–Trinajstić information content (AvgIpc) is 3.08. The molecule has 0 radical (unpaired) electrons. The second-order valence-corrected chi connectivity index (χ2v) is 12.4. The predicted molar refractivity (Wildman–Crippen MR) is 199 cm³/mol. The number of fused-ring (bicyclic) bond motifs is 1. The third kappa shape index (κ3) is 7.36. The monoisotopic (exact) mass is 594 g/mol. The van der Waals surface area contributed by atoms with Crippen LogP contribution in [0.3, 0.4) is 0 Å². The Morgan fingerprint density at radius 3 is 0.957 bits per heavy atom. The van der Waals surface area contributed by atoms with Crippen molar-refractivity contribution in [1.82, 2.24) is 0 Å². The molecular weight excluding hydrogens is 553 g/mol. The third-order valence-corrected chi connectivity index (χ3v) is 8.69. The van der Waals surface area contributed by atoms with Gasteiger partial charge in [0.05, 0.1) is 0 Å². The standard InChI is InChI=1S/C46H42/c1-33-15-23-37(24-16-33)45(38-25-17-34(2)18-26-38)31-41-11-7-5-6-8-12-42(44-14-10-9-13-43(41)44)32-46(39-27-19-35(3)20-28-39)40-29-21-36(4)22-30-40/h7-32H,5-6H2,1-4H3/b11-7+,12-8?,43-41+,44-42?. The first kappa shape index (κ1) is 30.8. The molecule has 0 bridgehead atoms. The molecular formula is C46H42. The van der Waals surface area contributed by atoms with Gasteiger partial charge in [-0.3, -0.25) is 0 Å². The molecule has 0 atom stereocenters. The normalized spacial score (nSPS) is 14.7. The van der Waals surface area contributed by atoms with Gasteiger partial charge in [-0.2, -0.15) is 0 Å². The van der Waals surface area contributed by atoms with E-state index in [-0.39, 0.29) is 0 Å². The van der Waals surface area contributed by atoms with E-state index in [0.29, 0.717) is 0 Å². The van der Waals surface area contributed by atoms with Crippen molar-refractivity contribution in [3.63, 3.8) is 0 Å². The van der Waals surface area contributed by atoms with Gasteiger partial charge >= 0.3 is 0 Å². The summed E-state index contributed by atoms with van der Waals surface area (Å²) >= 11 is 0. The fourth-order valence-electron chi connectivity index (χ4n) is 5.94. The lowest BCUT2D eigenvalue weighted by atomic mass is 9.92. The van der Waals surface area contributed by atoms with Crippen LogP contribution in [-0.4, -0.2) is 0 Å². The molecule has 46 heavy (non-hydrogen) atoms. The fourth-order valence-corrected chi connectivity index (χ4v) is 5.94. The second-order valence-electron chi connectivity index (χ2n) is 12.4. The lowest BCUT2D eigenvalue weighted by Crippen LogP contribution is -2.28. The molecule has 1 aliphatic carbocycles. The van der Waals surface area contributed by atoms with Gasteiger partial charge in [-0.05, 0) is 108 Å². The minimum absolute atomic E-state index is 0.986. The summed E-state index contributed by atoms with van der Waals surface area (Å²) in [5.41, 5.74) is 14.8. The van der Waals surface area contributed by atoms with Crippen LogP contribution in [-0.2, 0) is 0 Å². The largest absolute Gasteiger partial charge is 0.0836 e. The van der Waals surface area contributed by atoms with Crippen molar-refractivity contribution < 1.29 is 0 Å². The van der Waals surface area contributed by atoms with Crippen molar-refractivity contribution in [3.8, 4) is 0 Å². The van der Waals surface area contributed by atoms with Crippen molar-refractivity contribution in [2.75, 3.05) is 0 Å². The number of rotatable bonds is 6. The average molecular weight is 595 g/mol. The Bertz CT molecular complexity index is 1810. The van der Waals surface area contributed by atoms with Gasteiger partial charge in [0, 0.05) is 0 Å². The zero-order valence-electron chi connectivity index (χ0n) is 27.4. The molecule has 0 amide bonds. The van der Waals surface area contributed by atoms with Gasteiger partial charge < -0.3 is 0 Å². The predicted octanol–water partition coefficient (Wildman–Crippen LogP) is 10.4. The molecule has 0 N–H and O–H groups in total. The zero-order chi connectivity index (χ0) is 31.9. The van der Waals surface area contributed by atoms with E-state index in [1.54, 1.807) is 0 Å². The Balaban J connectivity index is 1.67. The lowest BCUT2D eigenvalue weighted by Gasteiger charge is -2.13. The van der Waals surface area contributed by atoms with Crippen LogP contribution in [0.4, 0.5) is 0 Å². The first-order valence-corrected chi connectivity index (χ1v) is 16.3. The first-order chi connectivity index (χ1) is 22.4. The maximum absolute atomic E-state index is 2.39. The quantitative estimate of drug-likeness (QED) is 0.183. The van der Waals surface area contributed by atoms with Crippen LogP contribution in [0.1, 0.15) is 57.3 Å². The smallest absolute Gasteiger partial charge is 0.0105 e. The minimum Gasteiger partial charge on any atom is -0.0836 e. The summed E-state index contributed by atoms with van der Waals surface area (Å²) < 4.78 is 0. The van der Waals surface area contributed by atoms with Crippen molar-refractivity contribution in [2.24, 2.45) is 0 Å². The van der Waals surface area contributed by atoms with Gasteiger partial charge in [0.2, 0.25) is 0 Å². The molecule has 0 fully saturated rings. The second kappa shape index (κ2) is 14.3. The molecule has 5 aromatic rings. The van der Waals surface area contributed by atoms with Crippen molar-refractivity contribution in [1.29, 1.82) is 0 Å². The molecule has 0 aromatic heterocycles. The summed E-state index contributed by atoms with van der Waals surface area (Å²) in [6.07, 6.45) is 16.0. The van der Waals surface area contributed by atoms with E-state index in [4.69, 9.17) is 0 Å². The molecule has 6 rings (SSSR count). The summed E-state index contributed by atoms with van der Waals surface area (Å²) in [5.74, 6) is 0. The van der Waals surface area contributed by atoms with Gasteiger partial charge in [-0.1, -0.05) is 168 Å². The molecule has 0 heterocycles. The molecule has 226 valence electrons. The van der Waals surface area contributed by atoms with Crippen LogP contribution in [0.5, 0.6) is 0 Å². The van der Waals surface area contributed by atoms with Crippen molar-refractivity contribution in [3.05, 3.63) is 213 Å². The Kier molecular flexibility index (Phi) is 9.56. The van der Waals surface area contributed by atoms with Crippen molar-refractivity contribution in [2.45, 2.75) is 40.5 Å². The Morgan fingerprint density at radius 1 is 0.391 bits per heavy atom. The maximum atomic E-state index is 2.39. The number of hydrogen-bond acceptors (Lipinski definition) is 0. The maximum Gasteiger partial charge on any atom is -0.0105 e. The molecule has 0 saturated heterocycles. The molecule has 0 nitrogen and oxygen atoms in total. The number of hydrogen-bond donors (Lipinski definition) is 0. The number of aryl methyl sites for hydroxylation is 4. The van der Waals surface area contributed by atoms with E-state index in [1.807, 2.05) is 0 Å². The highest BCUT2D eigenvalue weighted by Gasteiger charge is 2.10. The molecule has 0 heteroatoms. The Morgan fingerprint density at radius 2 is 0.674 bits per heavy atom. The third-order valence-electron chi connectivity index (χ3n) is 8.69. The van der Waals surface area contributed by atoms with Crippen LogP contribution in [0.2, 0.25) is 0 Å². The SMILES string of the molecule is Cc1ccc(C(=CC2=c3cccc/c3=C(C=C(c3ccc(C)cc3)c3ccc(C)cc3)/C=C/CCC=C2)c2ccc(C)cc2)cc1. The van der Waals surface area contributed by atoms with Crippen LogP contribution >= 0.6 is 0 Å². The molecule has 0 spiro atoms. The van der Waals surface area contributed by atoms with Crippen LogP contribution in [0, 0.1) is 27.7 Å². The number of allylic oxidation sites excluding steroid dienone is 6. The molecule has 0 saturated carbocycles. The molecule has 5 aromatic carbocycles. The number of benzene rings is 5. The van der Waals surface area contributed by atoms with Gasteiger partial charge in [0.25, 0.3) is 0 Å². The van der Waals surface area contributed by atoms with E-state index in [9.17, 15) is 0 Å². The van der Waals surface area contributed by atoms with Crippen LogP contribution in [0.25, 0.3) is 22.3 Å². The highest BCUT2D eigenvalue weighted by molar-refractivity contribution is 5.90. The topological polar surface area (TPSA) is 0 Å². The summed E-state index contributed by atoms with van der Waals surface area (Å²) in [4.78, 5) is 0. The van der Waals surface area contributed by atoms with Crippen molar-refractivity contribution >= 4 is 22.3 Å². The highest BCUT2D eigenvalue weighted by Crippen LogP contribution is 2.28. The Hall–Kier alpha value is -5.20. The molecule has 1 aliphatic rings.